The van der Waals surface area contributed by atoms with Crippen LogP contribution in [0.25, 0.3) is 0 Å². The molecule has 0 atom stereocenters. The average molecular weight is 419 g/mol. The van der Waals surface area contributed by atoms with Crippen molar-refractivity contribution in [3.63, 3.8) is 0 Å². The third-order valence-corrected chi connectivity index (χ3v) is 5.32. The number of nitro benzene ring substituents is 1. The highest BCUT2D eigenvalue weighted by Gasteiger charge is 2.18. The SMILES string of the molecule is COC(=O)CSCCC(=O)NCCNc1ccc(S(C)(=O)=O)cc1[N+](=O)[O-]. The Morgan fingerprint density at radius 2 is 2.00 bits per heavy atom. The molecule has 0 saturated heterocycles. The first-order chi connectivity index (χ1) is 12.6. The van der Waals surface area contributed by atoms with E-state index < -0.39 is 14.8 Å². The summed E-state index contributed by atoms with van der Waals surface area (Å²) in [5.74, 6) is 0.0785. The maximum absolute atomic E-state index is 11.7. The van der Waals surface area contributed by atoms with Crippen LogP contribution in [0.15, 0.2) is 23.1 Å². The van der Waals surface area contributed by atoms with Crippen LogP contribution in [0.4, 0.5) is 11.4 Å². The highest BCUT2D eigenvalue weighted by molar-refractivity contribution is 7.99. The molecule has 1 aromatic rings. The van der Waals surface area contributed by atoms with E-state index in [2.05, 4.69) is 15.4 Å². The Hall–Kier alpha value is -2.34. The molecule has 0 heterocycles. The van der Waals surface area contributed by atoms with Gasteiger partial charge in [-0.05, 0) is 12.1 Å². The van der Waals surface area contributed by atoms with Crippen LogP contribution in [-0.4, -0.2) is 63.2 Å². The van der Waals surface area contributed by atoms with Crippen molar-refractivity contribution >= 4 is 44.9 Å². The molecule has 0 aliphatic rings. The van der Waals surface area contributed by atoms with Gasteiger partial charge in [0.2, 0.25) is 5.91 Å². The zero-order valence-electron chi connectivity index (χ0n) is 14.9. The summed E-state index contributed by atoms with van der Waals surface area (Å²) in [6.07, 6.45) is 1.20. The zero-order valence-corrected chi connectivity index (χ0v) is 16.5. The molecule has 2 N–H and O–H groups in total. The van der Waals surface area contributed by atoms with Gasteiger partial charge >= 0.3 is 5.97 Å². The average Bonchev–Trinajstić information content (AvgIpc) is 2.61. The number of nitrogens with one attached hydrogen (secondary N) is 2. The van der Waals surface area contributed by atoms with E-state index in [4.69, 9.17) is 0 Å². The lowest BCUT2D eigenvalue weighted by Crippen LogP contribution is -2.29. The van der Waals surface area contributed by atoms with Crippen molar-refractivity contribution in [2.24, 2.45) is 0 Å². The molecular formula is C15H21N3O7S2. The number of carbonyl (C=O) groups is 2. The minimum absolute atomic E-state index is 0.141. The minimum atomic E-state index is -3.55. The number of sulfone groups is 1. The Bertz CT molecular complexity index is 797. The number of nitrogens with zero attached hydrogens (tertiary/aromatic N) is 1. The molecule has 0 fully saturated rings. The van der Waals surface area contributed by atoms with Crippen LogP contribution in [0.3, 0.4) is 0 Å². The van der Waals surface area contributed by atoms with E-state index in [-0.39, 0.29) is 53.4 Å². The molecule has 0 bridgehead atoms. The van der Waals surface area contributed by atoms with Crippen molar-refractivity contribution < 1.29 is 27.7 Å². The summed E-state index contributed by atoms with van der Waals surface area (Å²) in [6.45, 7) is 0.450. The molecule has 150 valence electrons. The van der Waals surface area contributed by atoms with Gasteiger partial charge in [-0.2, -0.15) is 0 Å². The molecule has 1 rings (SSSR count). The quantitative estimate of drug-likeness (QED) is 0.230. The second kappa shape index (κ2) is 10.7. The van der Waals surface area contributed by atoms with E-state index in [1.165, 1.54) is 31.0 Å². The van der Waals surface area contributed by atoms with Crippen molar-refractivity contribution in [3.05, 3.63) is 28.3 Å². The highest BCUT2D eigenvalue weighted by Crippen LogP contribution is 2.27. The monoisotopic (exact) mass is 419 g/mol. The molecule has 1 amide bonds. The topological polar surface area (TPSA) is 145 Å². The van der Waals surface area contributed by atoms with E-state index in [0.29, 0.717) is 5.75 Å². The molecule has 0 spiro atoms. The van der Waals surface area contributed by atoms with Crippen molar-refractivity contribution in [2.75, 3.05) is 43.3 Å². The largest absolute Gasteiger partial charge is 0.468 e. The van der Waals surface area contributed by atoms with Crippen LogP contribution in [0.2, 0.25) is 0 Å². The van der Waals surface area contributed by atoms with Crippen molar-refractivity contribution in [1.29, 1.82) is 0 Å². The number of hydrogen-bond donors (Lipinski definition) is 2. The van der Waals surface area contributed by atoms with Crippen LogP contribution in [0.5, 0.6) is 0 Å². The van der Waals surface area contributed by atoms with Gasteiger partial charge < -0.3 is 15.4 Å². The van der Waals surface area contributed by atoms with Gasteiger partial charge in [0.05, 0.1) is 22.7 Å². The normalized spacial score (nSPS) is 10.9. The van der Waals surface area contributed by atoms with E-state index in [1.54, 1.807) is 0 Å². The van der Waals surface area contributed by atoms with Crippen molar-refractivity contribution in [2.45, 2.75) is 11.3 Å². The third kappa shape index (κ3) is 8.26. The number of rotatable bonds is 11. The summed E-state index contributed by atoms with van der Waals surface area (Å²) in [4.78, 5) is 32.9. The van der Waals surface area contributed by atoms with Gasteiger partial charge in [0.1, 0.15) is 5.69 Å². The summed E-state index contributed by atoms with van der Waals surface area (Å²) in [6, 6.07) is 3.59. The fourth-order valence-corrected chi connectivity index (χ4v) is 3.31. The molecule has 12 heteroatoms. The fourth-order valence-electron chi connectivity index (χ4n) is 1.91. The van der Waals surface area contributed by atoms with E-state index in [9.17, 15) is 28.1 Å². The summed E-state index contributed by atoms with van der Waals surface area (Å²) in [7, 11) is -2.26. The van der Waals surface area contributed by atoms with E-state index in [0.717, 1.165) is 12.3 Å². The second-order valence-corrected chi connectivity index (χ2v) is 8.48. The number of benzene rings is 1. The lowest BCUT2D eigenvalue weighted by molar-refractivity contribution is -0.384. The highest BCUT2D eigenvalue weighted by atomic mass is 32.2. The molecular weight excluding hydrogens is 398 g/mol. The molecule has 0 aliphatic heterocycles. The number of methoxy groups -OCH3 is 1. The van der Waals surface area contributed by atoms with Gasteiger partial charge in [-0.15, -0.1) is 11.8 Å². The number of esters is 1. The fraction of sp³-hybridized carbons (Fsp3) is 0.467. The zero-order chi connectivity index (χ0) is 20.4. The van der Waals surface area contributed by atoms with Crippen molar-refractivity contribution in [1.82, 2.24) is 5.32 Å². The molecule has 0 saturated carbocycles. The molecule has 0 radical (unpaired) electrons. The number of amides is 1. The number of anilines is 1. The maximum Gasteiger partial charge on any atom is 0.315 e. The Morgan fingerprint density at radius 1 is 1.30 bits per heavy atom. The first kappa shape index (κ1) is 22.7. The molecule has 1 aromatic carbocycles. The van der Waals surface area contributed by atoms with Gasteiger partial charge in [-0.3, -0.25) is 19.7 Å². The van der Waals surface area contributed by atoms with Crippen LogP contribution >= 0.6 is 11.8 Å². The lowest BCUT2D eigenvalue weighted by Gasteiger charge is -2.09. The number of hydrogen-bond acceptors (Lipinski definition) is 9. The van der Waals surface area contributed by atoms with Gasteiger partial charge in [0.25, 0.3) is 5.69 Å². The number of thioether (sulfide) groups is 1. The standard InChI is InChI=1S/C15H21N3O7S2/c1-25-15(20)10-26-8-5-14(19)17-7-6-16-12-4-3-11(27(2,23)24)9-13(12)18(21)22/h3-4,9,16H,5-8,10H2,1-2H3,(H,17,19). The smallest absolute Gasteiger partial charge is 0.315 e. The molecule has 0 aromatic heterocycles. The van der Waals surface area contributed by atoms with Crippen LogP contribution in [0, 0.1) is 10.1 Å². The van der Waals surface area contributed by atoms with Crippen LogP contribution < -0.4 is 10.6 Å². The van der Waals surface area contributed by atoms with Gasteiger partial charge in [-0.1, -0.05) is 0 Å². The van der Waals surface area contributed by atoms with Gasteiger partial charge in [0.15, 0.2) is 9.84 Å². The molecule has 10 nitrogen and oxygen atoms in total. The summed E-state index contributed by atoms with van der Waals surface area (Å²) >= 11 is 1.28. The van der Waals surface area contributed by atoms with Gasteiger partial charge in [-0.25, -0.2) is 8.42 Å². The molecule has 27 heavy (non-hydrogen) atoms. The number of nitro groups is 1. The Balaban J connectivity index is 2.44. The molecule has 0 aliphatic carbocycles. The first-order valence-corrected chi connectivity index (χ1v) is 10.8. The second-order valence-electron chi connectivity index (χ2n) is 5.36. The lowest BCUT2D eigenvalue weighted by atomic mass is 10.2. The maximum atomic E-state index is 11.7. The van der Waals surface area contributed by atoms with Crippen molar-refractivity contribution in [3.8, 4) is 0 Å². The summed E-state index contributed by atoms with van der Waals surface area (Å²) in [5, 5.41) is 16.6. The third-order valence-electron chi connectivity index (χ3n) is 3.28. The van der Waals surface area contributed by atoms with E-state index in [1.807, 2.05) is 0 Å². The summed E-state index contributed by atoms with van der Waals surface area (Å²) < 4.78 is 27.5. The van der Waals surface area contributed by atoms with Crippen LogP contribution in [0.1, 0.15) is 6.42 Å². The summed E-state index contributed by atoms with van der Waals surface area (Å²) in [5.41, 5.74) is -0.196. The Labute approximate surface area is 161 Å². The van der Waals surface area contributed by atoms with Gasteiger partial charge in [0, 0.05) is 37.6 Å². The minimum Gasteiger partial charge on any atom is -0.468 e. The first-order valence-electron chi connectivity index (χ1n) is 7.78. The Kier molecular flexibility index (Phi) is 9.02. The number of carbonyl (C=O) groups excluding carboxylic acids is 2. The van der Waals surface area contributed by atoms with E-state index >= 15 is 0 Å². The van der Waals surface area contributed by atoms with Crippen LogP contribution in [-0.2, 0) is 24.2 Å². The molecule has 0 unspecified atom stereocenters. The number of ether oxygens (including phenoxy) is 1. The Morgan fingerprint density at radius 3 is 2.59 bits per heavy atom. The predicted molar refractivity (Wildman–Crippen MR) is 102 cm³/mol. The predicted octanol–water partition coefficient (Wildman–Crippen LogP) is 0.823.